The Morgan fingerprint density at radius 3 is 2.58 bits per heavy atom. The molecule has 1 nitrogen and oxygen atoms in total. The maximum Gasteiger partial charge on any atom is 0.103 e. The number of fused-ring (bicyclic) bond motifs is 1. The van der Waals surface area contributed by atoms with E-state index in [0.717, 1.165) is 10.2 Å². The molecule has 0 aliphatic rings. The summed E-state index contributed by atoms with van der Waals surface area (Å²) in [6, 6.07) is 12.0. The number of aromatic amines is 1. The standard InChI is InChI=1S/C9H7NS.CH4/c11-9-6-5-7-3-1-2-4-8(7)10-9;/h1-6H,(H,10,11);1H4. The zero-order valence-corrected chi connectivity index (χ0v) is 6.69. The Bertz CT molecular complexity index is 431. The Balaban J connectivity index is 0.000000720. The van der Waals surface area contributed by atoms with Crippen LogP contribution in [0.4, 0.5) is 0 Å². The van der Waals surface area contributed by atoms with Gasteiger partial charge in [-0.3, -0.25) is 0 Å². The molecule has 1 N–H and O–H groups in total. The predicted octanol–water partition coefficient (Wildman–Crippen LogP) is 3.53. The van der Waals surface area contributed by atoms with Crippen molar-refractivity contribution in [1.29, 1.82) is 0 Å². The third-order valence-corrected chi connectivity index (χ3v) is 1.87. The molecule has 0 unspecified atom stereocenters. The van der Waals surface area contributed by atoms with E-state index in [1.54, 1.807) is 0 Å². The van der Waals surface area contributed by atoms with Gasteiger partial charge in [-0.1, -0.05) is 37.8 Å². The number of H-pyrrole nitrogens is 1. The first-order chi connectivity index (χ1) is 5.36. The lowest BCUT2D eigenvalue weighted by molar-refractivity contribution is 1.38. The quantitative estimate of drug-likeness (QED) is 0.609. The minimum Gasteiger partial charge on any atom is -0.346 e. The van der Waals surface area contributed by atoms with Crippen molar-refractivity contribution in [1.82, 2.24) is 4.98 Å². The van der Waals surface area contributed by atoms with Crippen molar-refractivity contribution in [3.05, 3.63) is 41.0 Å². The summed E-state index contributed by atoms with van der Waals surface area (Å²) in [6.07, 6.45) is 0. The van der Waals surface area contributed by atoms with Gasteiger partial charge >= 0.3 is 0 Å². The summed E-state index contributed by atoms with van der Waals surface area (Å²) in [5.74, 6) is 0. The average molecular weight is 177 g/mol. The number of nitrogens with one attached hydrogen (secondary N) is 1. The summed E-state index contributed by atoms with van der Waals surface area (Å²) in [5, 5.41) is 1.20. The van der Waals surface area contributed by atoms with E-state index in [0.29, 0.717) is 0 Å². The minimum absolute atomic E-state index is 0. The normalized spacial score (nSPS) is 9.33. The highest BCUT2D eigenvalue weighted by Gasteiger charge is 1.87. The van der Waals surface area contributed by atoms with Crippen LogP contribution in [0, 0.1) is 4.64 Å². The van der Waals surface area contributed by atoms with Crippen molar-refractivity contribution in [3.63, 3.8) is 0 Å². The molecule has 1 aromatic heterocycles. The lowest BCUT2D eigenvalue weighted by atomic mass is 10.2. The number of benzene rings is 1. The van der Waals surface area contributed by atoms with Crippen molar-refractivity contribution in [2.24, 2.45) is 0 Å². The number of para-hydroxylation sites is 1. The van der Waals surface area contributed by atoms with Gasteiger partial charge in [0.1, 0.15) is 4.64 Å². The Morgan fingerprint density at radius 1 is 1.00 bits per heavy atom. The van der Waals surface area contributed by atoms with Gasteiger partial charge in [0.15, 0.2) is 0 Å². The van der Waals surface area contributed by atoms with Crippen LogP contribution >= 0.6 is 12.2 Å². The van der Waals surface area contributed by atoms with Gasteiger partial charge in [0.05, 0.1) is 0 Å². The van der Waals surface area contributed by atoms with Gasteiger partial charge in [-0.15, -0.1) is 0 Å². The molecule has 0 aliphatic heterocycles. The van der Waals surface area contributed by atoms with Gasteiger partial charge in [0.25, 0.3) is 0 Å². The molecule has 2 heteroatoms. The zero-order valence-electron chi connectivity index (χ0n) is 5.87. The molecule has 0 spiro atoms. The molecule has 0 saturated carbocycles. The summed E-state index contributed by atoms with van der Waals surface area (Å²) in [7, 11) is 0. The van der Waals surface area contributed by atoms with E-state index in [9.17, 15) is 0 Å². The van der Waals surface area contributed by atoms with Crippen LogP contribution in [-0.2, 0) is 0 Å². The van der Waals surface area contributed by atoms with E-state index < -0.39 is 0 Å². The Morgan fingerprint density at radius 2 is 1.75 bits per heavy atom. The SMILES string of the molecule is C.S=c1ccc2ccccc2[nH]1. The van der Waals surface area contributed by atoms with E-state index in [1.165, 1.54) is 5.39 Å². The molecule has 1 aromatic carbocycles. The fourth-order valence-electron chi connectivity index (χ4n) is 1.10. The van der Waals surface area contributed by atoms with Crippen LogP contribution in [0.2, 0.25) is 0 Å². The van der Waals surface area contributed by atoms with Crippen molar-refractivity contribution in [2.75, 3.05) is 0 Å². The number of pyridine rings is 1. The van der Waals surface area contributed by atoms with Crippen molar-refractivity contribution < 1.29 is 0 Å². The zero-order chi connectivity index (χ0) is 7.68. The third-order valence-electron chi connectivity index (χ3n) is 1.63. The van der Waals surface area contributed by atoms with Crippen LogP contribution in [0.3, 0.4) is 0 Å². The van der Waals surface area contributed by atoms with Gasteiger partial charge in [0.2, 0.25) is 0 Å². The molecule has 0 radical (unpaired) electrons. The van der Waals surface area contributed by atoms with Gasteiger partial charge < -0.3 is 4.98 Å². The minimum atomic E-state index is 0. The maximum atomic E-state index is 4.98. The van der Waals surface area contributed by atoms with Gasteiger partial charge in [-0.25, -0.2) is 0 Å². The first-order valence-electron chi connectivity index (χ1n) is 3.44. The van der Waals surface area contributed by atoms with Crippen LogP contribution in [-0.4, -0.2) is 4.98 Å². The topological polar surface area (TPSA) is 15.8 Å². The molecular formula is C10H11NS. The molecule has 0 aliphatic carbocycles. The summed E-state index contributed by atoms with van der Waals surface area (Å²) >= 11 is 4.98. The highest BCUT2D eigenvalue weighted by atomic mass is 32.1. The highest BCUT2D eigenvalue weighted by molar-refractivity contribution is 7.71. The Hall–Kier alpha value is -1.15. The maximum absolute atomic E-state index is 4.98. The van der Waals surface area contributed by atoms with Crippen LogP contribution in [0.15, 0.2) is 36.4 Å². The number of aromatic nitrogens is 1. The van der Waals surface area contributed by atoms with Gasteiger partial charge in [-0.2, -0.15) is 0 Å². The molecule has 2 aromatic rings. The number of hydrogen-bond acceptors (Lipinski definition) is 1. The first-order valence-corrected chi connectivity index (χ1v) is 3.85. The molecule has 12 heavy (non-hydrogen) atoms. The molecule has 2 rings (SSSR count). The molecule has 0 saturated heterocycles. The van der Waals surface area contributed by atoms with E-state index in [-0.39, 0.29) is 7.43 Å². The third kappa shape index (κ3) is 1.53. The fraction of sp³-hybridized carbons (Fsp3) is 0.100. The lowest BCUT2D eigenvalue weighted by Crippen LogP contribution is -1.76. The van der Waals surface area contributed by atoms with Crippen molar-refractivity contribution >= 4 is 23.1 Å². The van der Waals surface area contributed by atoms with Gasteiger partial charge in [-0.05, 0) is 23.6 Å². The van der Waals surface area contributed by atoms with E-state index in [1.807, 2.05) is 30.3 Å². The Kier molecular flexibility index (Phi) is 2.61. The van der Waals surface area contributed by atoms with Crippen LogP contribution < -0.4 is 0 Å². The summed E-state index contributed by atoms with van der Waals surface area (Å²) in [4.78, 5) is 3.10. The van der Waals surface area contributed by atoms with E-state index >= 15 is 0 Å². The van der Waals surface area contributed by atoms with Gasteiger partial charge in [0, 0.05) is 5.52 Å². The van der Waals surface area contributed by atoms with Crippen molar-refractivity contribution in [2.45, 2.75) is 7.43 Å². The molecule has 0 atom stereocenters. The smallest absolute Gasteiger partial charge is 0.103 e. The predicted molar refractivity (Wildman–Crippen MR) is 55.9 cm³/mol. The summed E-state index contributed by atoms with van der Waals surface area (Å²) in [6.45, 7) is 0. The first kappa shape index (κ1) is 8.94. The monoisotopic (exact) mass is 177 g/mol. The highest BCUT2D eigenvalue weighted by Crippen LogP contribution is 2.09. The molecule has 0 bridgehead atoms. The fourth-order valence-corrected chi connectivity index (χ4v) is 1.27. The molecular weight excluding hydrogens is 166 g/mol. The van der Waals surface area contributed by atoms with Crippen LogP contribution in [0.5, 0.6) is 0 Å². The molecule has 1 heterocycles. The molecule has 62 valence electrons. The lowest BCUT2D eigenvalue weighted by Gasteiger charge is -1.94. The van der Waals surface area contributed by atoms with E-state index in [2.05, 4.69) is 11.1 Å². The number of hydrogen-bond donors (Lipinski definition) is 1. The van der Waals surface area contributed by atoms with E-state index in [4.69, 9.17) is 12.2 Å². The molecule has 0 amide bonds. The number of rotatable bonds is 0. The summed E-state index contributed by atoms with van der Waals surface area (Å²) < 4.78 is 0.781. The van der Waals surface area contributed by atoms with Crippen LogP contribution in [0.1, 0.15) is 7.43 Å². The Labute approximate surface area is 77.1 Å². The molecule has 0 fully saturated rings. The largest absolute Gasteiger partial charge is 0.346 e. The van der Waals surface area contributed by atoms with Crippen molar-refractivity contribution in [3.8, 4) is 0 Å². The van der Waals surface area contributed by atoms with Crippen LogP contribution in [0.25, 0.3) is 10.9 Å². The summed E-state index contributed by atoms with van der Waals surface area (Å²) in [5.41, 5.74) is 1.10. The second-order valence-electron chi connectivity index (χ2n) is 2.41. The second kappa shape index (κ2) is 3.50. The average Bonchev–Trinajstić information content (AvgIpc) is 2.04. The second-order valence-corrected chi connectivity index (χ2v) is 2.85.